The van der Waals surface area contributed by atoms with E-state index in [2.05, 4.69) is 16.7 Å². The maximum Gasteiger partial charge on any atom is 0.319 e. The summed E-state index contributed by atoms with van der Waals surface area (Å²) in [5, 5.41) is 15.9. The Labute approximate surface area is 212 Å². The fraction of sp³-hybridized carbons (Fsp3) is 0.280. The Hall–Kier alpha value is -3.48. The number of allylic oxidation sites excluding steroid dienone is 1. The average molecular weight is 514 g/mol. The third-order valence-electron chi connectivity index (χ3n) is 5.28. The summed E-state index contributed by atoms with van der Waals surface area (Å²) >= 11 is 7.36. The van der Waals surface area contributed by atoms with Gasteiger partial charge in [0.25, 0.3) is 0 Å². The van der Waals surface area contributed by atoms with Crippen LogP contribution in [0.2, 0.25) is 5.02 Å². The molecular weight excluding hydrogens is 490 g/mol. The second kappa shape index (κ2) is 12.3. The van der Waals surface area contributed by atoms with E-state index >= 15 is 0 Å². The van der Waals surface area contributed by atoms with Gasteiger partial charge in [0, 0.05) is 12.5 Å². The second-order valence-corrected chi connectivity index (χ2v) is 8.89. The van der Waals surface area contributed by atoms with Gasteiger partial charge >= 0.3 is 5.97 Å². The van der Waals surface area contributed by atoms with Crippen LogP contribution in [-0.2, 0) is 25.7 Å². The molecule has 2 aromatic carbocycles. The van der Waals surface area contributed by atoms with Crippen LogP contribution in [0, 0.1) is 17.2 Å². The minimum Gasteiger partial charge on any atom is -0.492 e. The Bertz CT molecular complexity index is 1180. The van der Waals surface area contributed by atoms with Gasteiger partial charge in [-0.25, -0.2) is 0 Å². The number of hydrogen-bond acceptors (Lipinski definition) is 7. The zero-order chi connectivity index (χ0) is 25.4. The number of nitriles is 1. The molecule has 0 unspecified atom stereocenters. The van der Waals surface area contributed by atoms with Gasteiger partial charge in [-0.05, 0) is 30.2 Å². The Morgan fingerprint density at radius 1 is 1.23 bits per heavy atom. The highest BCUT2D eigenvalue weighted by Crippen LogP contribution is 2.42. The van der Waals surface area contributed by atoms with Gasteiger partial charge in [0.05, 0.1) is 41.2 Å². The SMILES string of the molecule is CCOc1ccc([C@@H]2C(C#N)=C(SCC(=O)NCc3ccccc3)NC(=O)[C@H]2C(=O)OC)cc1Cl. The van der Waals surface area contributed by atoms with E-state index in [4.69, 9.17) is 21.1 Å². The van der Waals surface area contributed by atoms with E-state index in [-0.39, 0.29) is 27.3 Å². The second-order valence-electron chi connectivity index (χ2n) is 7.50. The number of rotatable bonds is 9. The number of carbonyl (C=O) groups is 3. The molecule has 0 fully saturated rings. The minimum absolute atomic E-state index is 0.0345. The van der Waals surface area contributed by atoms with Crippen LogP contribution >= 0.6 is 23.4 Å². The van der Waals surface area contributed by atoms with E-state index < -0.39 is 23.7 Å². The highest BCUT2D eigenvalue weighted by molar-refractivity contribution is 8.03. The average Bonchev–Trinajstić information content (AvgIpc) is 2.87. The molecule has 0 aliphatic carbocycles. The summed E-state index contributed by atoms with van der Waals surface area (Å²) in [4.78, 5) is 37.9. The topological polar surface area (TPSA) is 118 Å². The van der Waals surface area contributed by atoms with Crippen LogP contribution in [0.15, 0.2) is 59.1 Å². The quantitative estimate of drug-likeness (QED) is 0.389. The fourth-order valence-electron chi connectivity index (χ4n) is 3.65. The van der Waals surface area contributed by atoms with E-state index in [0.717, 1.165) is 17.3 Å². The van der Waals surface area contributed by atoms with E-state index in [1.165, 1.54) is 7.11 Å². The van der Waals surface area contributed by atoms with E-state index in [1.807, 2.05) is 37.3 Å². The smallest absolute Gasteiger partial charge is 0.319 e. The van der Waals surface area contributed by atoms with Gasteiger partial charge in [-0.3, -0.25) is 14.4 Å². The first-order chi connectivity index (χ1) is 16.9. The molecule has 2 amide bonds. The lowest BCUT2D eigenvalue weighted by Gasteiger charge is -2.31. The molecule has 2 atom stereocenters. The standard InChI is InChI=1S/C25H24ClN3O5S/c1-3-34-19-10-9-16(11-18(19)26)21-17(12-27)24(29-23(31)22(21)25(32)33-2)35-14-20(30)28-13-15-7-5-4-6-8-15/h4-11,21-22H,3,13-14H2,1-2H3,(H,28,30)(H,29,31)/t21-,22+/m1/s1. The molecule has 10 heteroatoms. The monoisotopic (exact) mass is 513 g/mol. The molecule has 1 aliphatic rings. The number of nitrogens with zero attached hydrogens (tertiary/aromatic N) is 1. The molecule has 0 radical (unpaired) electrons. The van der Waals surface area contributed by atoms with Gasteiger partial charge < -0.3 is 20.1 Å². The number of amides is 2. The van der Waals surface area contributed by atoms with Gasteiger partial charge in [-0.2, -0.15) is 5.26 Å². The first-order valence-electron chi connectivity index (χ1n) is 10.8. The number of carbonyl (C=O) groups excluding carboxylic acids is 3. The van der Waals surface area contributed by atoms with Crippen molar-refractivity contribution in [3.63, 3.8) is 0 Å². The molecule has 182 valence electrons. The van der Waals surface area contributed by atoms with Crippen molar-refractivity contribution in [2.24, 2.45) is 5.92 Å². The number of methoxy groups -OCH3 is 1. The van der Waals surface area contributed by atoms with Gasteiger partial charge in [-0.15, -0.1) is 0 Å². The zero-order valence-electron chi connectivity index (χ0n) is 19.2. The van der Waals surface area contributed by atoms with Crippen molar-refractivity contribution in [1.29, 1.82) is 5.26 Å². The van der Waals surface area contributed by atoms with Crippen molar-refractivity contribution in [3.05, 3.63) is 75.3 Å². The molecule has 0 saturated heterocycles. The molecular formula is C25H24ClN3O5S. The Morgan fingerprint density at radius 3 is 2.60 bits per heavy atom. The largest absolute Gasteiger partial charge is 0.492 e. The van der Waals surface area contributed by atoms with Gasteiger partial charge in [-0.1, -0.05) is 59.8 Å². The van der Waals surface area contributed by atoms with Gasteiger partial charge in [0.15, 0.2) is 0 Å². The van der Waals surface area contributed by atoms with Crippen molar-refractivity contribution in [2.45, 2.75) is 19.4 Å². The lowest BCUT2D eigenvalue weighted by Crippen LogP contribution is -2.44. The molecule has 2 N–H and O–H groups in total. The molecule has 35 heavy (non-hydrogen) atoms. The number of ether oxygens (including phenoxy) is 2. The summed E-state index contributed by atoms with van der Waals surface area (Å²) < 4.78 is 10.3. The van der Waals surface area contributed by atoms with Crippen molar-refractivity contribution >= 4 is 41.1 Å². The number of hydrogen-bond donors (Lipinski definition) is 2. The highest BCUT2D eigenvalue weighted by Gasteiger charge is 2.44. The maximum atomic E-state index is 12.9. The van der Waals surface area contributed by atoms with Crippen LogP contribution in [0.25, 0.3) is 0 Å². The Balaban J connectivity index is 1.87. The Kier molecular flexibility index (Phi) is 9.18. The first kappa shape index (κ1) is 26.1. The molecule has 0 aromatic heterocycles. The lowest BCUT2D eigenvalue weighted by atomic mass is 9.78. The normalized spacial score (nSPS) is 17.3. The summed E-state index contributed by atoms with van der Waals surface area (Å²) in [5.74, 6) is -3.50. The maximum absolute atomic E-state index is 12.9. The highest BCUT2D eigenvalue weighted by atomic mass is 35.5. The molecule has 3 rings (SSSR count). The third kappa shape index (κ3) is 6.35. The molecule has 1 heterocycles. The molecule has 0 saturated carbocycles. The van der Waals surface area contributed by atoms with E-state index in [9.17, 15) is 19.6 Å². The van der Waals surface area contributed by atoms with Crippen LogP contribution in [0.3, 0.4) is 0 Å². The van der Waals surface area contributed by atoms with Gasteiger partial charge in [0.1, 0.15) is 11.7 Å². The number of benzene rings is 2. The predicted molar refractivity (Wildman–Crippen MR) is 132 cm³/mol. The van der Waals surface area contributed by atoms with Crippen LogP contribution < -0.4 is 15.4 Å². The summed E-state index contributed by atoms with van der Waals surface area (Å²) in [6.45, 7) is 2.58. The van der Waals surface area contributed by atoms with Crippen LogP contribution in [0.1, 0.15) is 24.0 Å². The van der Waals surface area contributed by atoms with Crippen LogP contribution in [0.5, 0.6) is 5.75 Å². The Morgan fingerprint density at radius 2 is 1.97 bits per heavy atom. The molecule has 1 aliphatic heterocycles. The summed E-state index contributed by atoms with van der Waals surface area (Å²) in [5.41, 5.74) is 1.56. The number of esters is 1. The van der Waals surface area contributed by atoms with Crippen LogP contribution in [0.4, 0.5) is 0 Å². The number of nitrogens with one attached hydrogen (secondary N) is 2. The van der Waals surface area contributed by atoms with Crippen molar-refractivity contribution < 1.29 is 23.9 Å². The molecule has 0 bridgehead atoms. The van der Waals surface area contributed by atoms with E-state index in [1.54, 1.807) is 18.2 Å². The zero-order valence-corrected chi connectivity index (χ0v) is 20.7. The summed E-state index contributed by atoms with van der Waals surface area (Å²) in [7, 11) is 1.18. The molecule has 0 spiro atoms. The van der Waals surface area contributed by atoms with Gasteiger partial charge in [0.2, 0.25) is 11.8 Å². The van der Waals surface area contributed by atoms with E-state index in [0.29, 0.717) is 24.5 Å². The lowest BCUT2D eigenvalue weighted by molar-refractivity contribution is -0.150. The third-order valence-corrected chi connectivity index (χ3v) is 6.59. The van der Waals surface area contributed by atoms with Crippen molar-refractivity contribution in [1.82, 2.24) is 10.6 Å². The number of thioether (sulfide) groups is 1. The molecule has 2 aromatic rings. The summed E-state index contributed by atoms with van der Waals surface area (Å²) in [6, 6.07) is 16.4. The number of halogens is 1. The van der Waals surface area contributed by atoms with Crippen molar-refractivity contribution in [3.8, 4) is 11.8 Å². The molecule has 8 nitrogen and oxygen atoms in total. The predicted octanol–water partition coefficient (Wildman–Crippen LogP) is 3.53. The van der Waals surface area contributed by atoms with Crippen molar-refractivity contribution in [2.75, 3.05) is 19.5 Å². The summed E-state index contributed by atoms with van der Waals surface area (Å²) in [6.07, 6.45) is 0. The minimum atomic E-state index is -1.29. The first-order valence-corrected chi connectivity index (χ1v) is 12.1. The fourth-order valence-corrected chi connectivity index (χ4v) is 4.77. The van der Waals surface area contributed by atoms with Crippen LogP contribution in [-0.4, -0.2) is 37.3 Å².